The molecule has 4 heteroatoms. The van der Waals surface area contributed by atoms with Crippen LogP contribution < -0.4 is 5.73 Å². The molecule has 1 heterocycles. The highest BCUT2D eigenvalue weighted by Gasteiger charge is 2.11. The Morgan fingerprint density at radius 3 is 2.87 bits per heavy atom. The van der Waals surface area contributed by atoms with Crippen LogP contribution in [0.5, 0.6) is 0 Å². The second-order valence-electron chi connectivity index (χ2n) is 3.32. The molecule has 0 radical (unpaired) electrons. The summed E-state index contributed by atoms with van der Waals surface area (Å²) >= 11 is 3.40. The average molecular weight is 265 g/mol. The molecule has 0 unspecified atom stereocenters. The molecule has 0 bridgehead atoms. The first-order valence-corrected chi connectivity index (χ1v) is 5.24. The third kappa shape index (κ3) is 1.61. The molecule has 1 aromatic heterocycles. The lowest BCUT2D eigenvalue weighted by molar-refractivity contribution is 0.0997. The largest absolute Gasteiger partial charge is 0.364 e. The Kier molecular flexibility index (Phi) is 2.44. The summed E-state index contributed by atoms with van der Waals surface area (Å²) in [6.45, 7) is 1.93. The summed E-state index contributed by atoms with van der Waals surface area (Å²) in [5.74, 6) is -0.498. The summed E-state index contributed by atoms with van der Waals surface area (Å²) in [6, 6.07) is 5.80. The molecule has 2 aromatic rings. The van der Waals surface area contributed by atoms with E-state index < -0.39 is 5.91 Å². The average Bonchev–Trinajstić information content (AvgIpc) is 2.19. The van der Waals surface area contributed by atoms with Crippen molar-refractivity contribution >= 4 is 32.6 Å². The standard InChI is InChI=1S/C11H9BrN2O/c1-6-3-2-4-7-8(12)5-14-10(9(6)7)11(13)15/h2-5H,1H3,(H2,13,15). The van der Waals surface area contributed by atoms with E-state index in [-0.39, 0.29) is 0 Å². The van der Waals surface area contributed by atoms with E-state index in [1.807, 2.05) is 25.1 Å². The SMILES string of the molecule is Cc1cccc2c(Br)cnc(C(N)=O)c12. The number of rotatable bonds is 1. The topological polar surface area (TPSA) is 56.0 Å². The zero-order valence-corrected chi connectivity index (χ0v) is 9.71. The molecule has 76 valence electrons. The van der Waals surface area contributed by atoms with Gasteiger partial charge in [-0.3, -0.25) is 4.79 Å². The smallest absolute Gasteiger partial charge is 0.267 e. The zero-order valence-electron chi connectivity index (χ0n) is 8.12. The Hall–Kier alpha value is -1.42. The Bertz CT molecular complexity index is 552. The van der Waals surface area contributed by atoms with E-state index in [2.05, 4.69) is 20.9 Å². The summed E-state index contributed by atoms with van der Waals surface area (Å²) < 4.78 is 0.867. The van der Waals surface area contributed by atoms with Gasteiger partial charge in [-0.05, 0) is 28.4 Å². The number of carbonyl (C=O) groups is 1. The van der Waals surface area contributed by atoms with Gasteiger partial charge in [0.15, 0.2) is 0 Å². The van der Waals surface area contributed by atoms with Gasteiger partial charge in [0.2, 0.25) is 0 Å². The van der Waals surface area contributed by atoms with E-state index >= 15 is 0 Å². The fourth-order valence-electron chi connectivity index (χ4n) is 1.62. The van der Waals surface area contributed by atoms with Crippen LogP contribution in [-0.4, -0.2) is 10.9 Å². The van der Waals surface area contributed by atoms with Gasteiger partial charge >= 0.3 is 0 Å². The van der Waals surface area contributed by atoms with Crippen LogP contribution in [0.1, 0.15) is 16.1 Å². The summed E-state index contributed by atoms with van der Waals surface area (Å²) in [6.07, 6.45) is 1.60. The van der Waals surface area contributed by atoms with E-state index in [9.17, 15) is 4.79 Å². The first kappa shape index (κ1) is 10.1. The predicted octanol–water partition coefficient (Wildman–Crippen LogP) is 2.40. The maximum absolute atomic E-state index is 11.2. The van der Waals surface area contributed by atoms with Gasteiger partial charge in [0.05, 0.1) is 0 Å². The minimum absolute atomic E-state index is 0.325. The van der Waals surface area contributed by atoms with Crippen LogP contribution in [0.2, 0.25) is 0 Å². The van der Waals surface area contributed by atoms with Crippen molar-refractivity contribution in [1.29, 1.82) is 0 Å². The zero-order chi connectivity index (χ0) is 11.0. The first-order valence-electron chi connectivity index (χ1n) is 4.45. The number of aryl methyl sites for hydroxylation is 1. The Balaban J connectivity index is 2.96. The molecule has 0 saturated carbocycles. The third-order valence-corrected chi connectivity index (χ3v) is 2.94. The van der Waals surface area contributed by atoms with Crippen LogP contribution in [0.4, 0.5) is 0 Å². The van der Waals surface area contributed by atoms with Gasteiger partial charge < -0.3 is 5.73 Å². The molecular formula is C11H9BrN2O. The molecule has 0 spiro atoms. The van der Waals surface area contributed by atoms with Gasteiger partial charge in [-0.1, -0.05) is 18.2 Å². The molecule has 1 aromatic carbocycles. The second-order valence-corrected chi connectivity index (χ2v) is 4.17. The van der Waals surface area contributed by atoms with Crippen molar-refractivity contribution in [2.24, 2.45) is 5.73 Å². The Morgan fingerprint density at radius 2 is 2.20 bits per heavy atom. The summed E-state index contributed by atoms with van der Waals surface area (Å²) in [5.41, 5.74) is 6.60. The monoisotopic (exact) mass is 264 g/mol. The van der Waals surface area contributed by atoms with Crippen molar-refractivity contribution in [3.05, 3.63) is 40.1 Å². The van der Waals surface area contributed by atoms with Crippen LogP contribution in [0.25, 0.3) is 10.8 Å². The lowest BCUT2D eigenvalue weighted by atomic mass is 10.0. The van der Waals surface area contributed by atoms with Crippen molar-refractivity contribution < 1.29 is 4.79 Å². The molecule has 0 saturated heterocycles. The number of nitrogens with two attached hydrogens (primary N) is 1. The van der Waals surface area contributed by atoms with Crippen LogP contribution >= 0.6 is 15.9 Å². The summed E-state index contributed by atoms with van der Waals surface area (Å²) in [4.78, 5) is 15.3. The molecule has 1 amide bonds. The van der Waals surface area contributed by atoms with Gasteiger partial charge in [0.1, 0.15) is 5.69 Å². The van der Waals surface area contributed by atoms with Gasteiger partial charge in [0, 0.05) is 21.4 Å². The Labute approximate surface area is 95.4 Å². The number of primary amides is 1. The number of aromatic nitrogens is 1. The van der Waals surface area contributed by atoms with E-state index in [0.717, 1.165) is 20.8 Å². The van der Waals surface area contributed by atoms with Gasteiger partial charge in [-0.2, -0.15) is 0 Å². The van der Waals surface area contributed by atoms with Gasteiger partial charge in [0.25, 0.3) is 5.91 Å². The molecular weight excluding hydrogens is 256 g/mol. The van der Waals surface area contributed by atoms with Crippen LogP contribution in [-0.2, 0) is 0 Å². The molecule has 15 heavy (non-hydrogen) atoms. The number of carbonyl (C=O) groups excluding carboxylic acids is 1. The number of fused-ring (bicyclic) bond motifs is 1. The number of pyridine rings is 1. The van der Waals surface area contributed by atoms with E-state index in [1.165, 1.54) is 0 Å². The fraction of sp³-hybridized carbons (Fsp3) is 0.0909. The second kappa shape index (κ2) is 3.62. The quantitative estimate of drug-likeness (QED) is 0.860. The Morgan fingerprint density at radius 1 is 1.47 bits per heavy atom. The third-order valence-electron chi connectivity index (χ3n) is 2.31. The van der Waals surface area contributed by atoms with Gasteiger partial charge in [-0.25, -0.2) is 4.98 Å². The molecule has 0 atom stereocenters. The number of hydrogen-bond acceptors (Lipinski definition) is 2. The number of amides is 1. The van der Waals surface area contributed by atoms with Crippen LogP contribution in [0.15, 0.2) is 28.9 Å². The van der Waals surface area contributed by atoms with Gasteiger partial charge in [-0.15, -0.1) is 0 Å². The lowest BCUT2D eigenvalue weighted by Gasteiger charge is -2.06. The summed E-state index contributed by atoms with van der Waals surface area (Å²) in [5, 5.41) is 1.78. The van der Waals surface area contributed by atoms with Crippen molar-refractivity contribution in [2.45, 2.75) is 6.92 Å². The number of nitrogens with zero attached hydrogens (tertiary/aromatic N) is 1. The molecule has 3 nitrogen and oxygen atoms in total. The predicted molar refractivity (Wildman–Crippen MR) is 62.7 cm³/mol. The molecule has 0 aliphatic rings. The molecule has 0 aliphatic heterocycles. The molecule has 2 N–H and O–H groups in total. The van der Waals surface area contributed by atoms with Crippen molar-refractivity contribution in [2.75, 3.05) is 0 Å². The maximum atomic E-state index is 11.2. The van der Waals surface area contributed by atoms with E-state index in [4.69, 9.17) is 5.73 Å². The highest BCUT2D eigenvalue weighted by Crippen LogP contribution is 2.27. The lowest BCUT2D eigenvalue weighted by Crippen LogP contribution is -2.14. The highest BCUT2D eigenvalue weighted by molar-refractivity contribution is 9.10. The number of benzene rings is 1. The fourth-order valence-corrected chi connectivity index (χ4v) is 2.06. The van der Waals surface area contributed by atoms with E-state index in [1.54, 1.807) is 6.20 Å². The molecule has 0 fully saturated rings. The number of halogens is 1. The first-order chi connectivity index (χ1) is 7.11. The van der Waals surface area contributed by atoms with Crippen LogP contribution in [0, 0.1) is 6.92 Å². The maximum Gasteiger partial charge on any atom is 0.267 e. The van der Waals surface area contributed by atoms with Crippen LogP contribution in [0.3, 0.4) is 0 Å². The minimum atomic E-state index is -0.498. The van der Waals surface area contributed by atoms with Crippen molar-refractivity contribution in [1.82, 2.24) is 4.98 Å². The van der Waals surface area contributed by atoms with E-state index in [0.29, 0.717) is 5.69 Å². The van der Waals surface area contributed by atoms with Crippen molar-refractivity contribution in [3.63, 3.8) is 0 Å². The summed E-state index contributed by atoms with van der Waals surface area (Å²) in [7, 11) is 0. The number of hydrogen-bond donors (Lipinski definition) is 1. The molecule has 2 rings (SSSR count). The normalized spacial score (nSPS) is 10.5. The minimum Gasteiger partial charge on any atom is -0.364 e. The highest BCUT2D eigenvalue weighted by atomic mass is 79.9. The van der Waals surface area contributed by atoms with Crippen molar-refractivity contribution in [3.8, 4) is 0 Å². The molecule has 0 aliphatic carbocycles.